The third kappa shape index (κ3) is 5.75. The van der Waals surface area contributed by atoms with E-state index in [1.807, 2.05) is 32.0 Å². The number of benzene rings is 2. The Morgan fingerprint density at radius 2 is 1.83 bits per heavy atom. The summed E-state index contributed by atoms with van der Waals surface area (Å²) in [6.45, 7) is 4.06. The van der Waals surface area contributed by atoms with Crippen molar-refractivity contribution in [1.29, 1.82) is 0 Å². The van der Waals surface area contributed by atoms with Crippen LogP contribution in [0.3, 0.4) is 0 Å². The van der Waals surface area contributed by atoms with Crippen LogP contribution in [0.1, 0.15) is 21.5 Å². The fraction of sp³-hybridized carbons (Fsp3) is 0.158. The molecule has 0 saturated heterocycles. The van der Waals surface area contributed by atoms with Gasteiger partial charge in [0.05, 0.1) is 5.75 Å². The number of nitrogens with zero attached hydrogens (tertiary/aromatic N) is 2. The summed E-state index contributed by atoms with van der Waals surface area (Å²) in [5.41, 5.74) is 8.10. The summed E-state index contributed by atoms with van der Waals surface area (Å²) < 4.78 is 13.5. The van der Waals surface area contributed by atoms with E-state index in [0.717, 1.165) is 11.3 Å². The van der Waals surface area contributed by atoms with Gasteiger partial charge in [-0.05, 0) is 55.3 Å². The highest BCUT2D eigenvalue weighted by molar-refractivity contribution is 8.01. The van der Waals surface area contributed by atoms with E-state index < -0.39 is 17.6 Å². The van der Waals surface area contributed by atoms with Gasteiger partial charge < -0.3 is 5.32 Å². The van der Waals surface area contributed by atoms with E-state index in [1.165, 1.54) is 52.9 Å². The molecular formula is C19H18FN5O2S2. The van der Waals surface area contributed by atoms with Crippen LogP contribution in [0.5, 0.6) is 0 Å². The van der Waals surface area contributed by atoms with Gasteiger partial charge in [-0.15, -0.1) is 10.2 Å². The Morgan fingerprint density at radius 3 is 2.59 bits per heavy atom. The average molecular weight is 432 g/mol. The van der Waals surface area contributed by atoms with Crippen LogP contribution < -0.4 is 16.2 Å². The first-order chi connectivity index (χ1) is 13.9. The molecule has 0 atom stereocenters. The van der Waals surface area contributed by atoms with Gasteiger partial charge in [-0.3, -0.25) is 20.4 Å². The molecule has 2 amide bonds. The molecule has 0 saturated carbocycles. The summed E-state index contributed by atoms with van der Waals surface area (Å²) in [7, 11) is 0. The molecule has 0 aliphatic carbocycles. The van der Waals surface area contributed by atoms with Crippen LogP contribution >= 0.6 is 23.1 Å². The van der Waals surface area contributed by atoms with Gasteiger partial charge in [-0.25, -0.2) is 4.39 Å². The largest absolute Gasteiger partial charge is 0.330 e. The Balaban J connectivity index is 1.46. The van der Waals surface area contributed by atoms with Crippen LogP contribution in [-0.2, 0) is 4.79 Å². The molecule has 3 N–H and O–H groups in total. The lowest BCUT2D eigenvalue weighted by molar-refractivity contribution is -0.119. The van der Waals surface area contributed by atoms with Gasteiger partial charge in [-0.1, -0.05) is 35.2 Å². The zero-order valence-corrected chi connectivity index (χ0v) is 17.3. The molecule has 0 unspecified atom stereocenters. The standard InChI is InChI=1S/C19H18FN5O2S2/c1-11-4-3-5-15(12(11)2)21-18-24-25-19(29-18)28-10-16(26)22-23-17(27)13-6-8-14(20)9-7-13/h3-9H,10H2,1-2H3,(H,21,24)(H,22,26)(H,23,27). The molecule has 10 heteroatoms. The number of aryl methyl sites for hydroxylation is 1. The van der Waals surface area contributed by atoms with E-state index in [1.54, 1.807) is 0 Å². The van der Waals surface area contributed by atoms with Crippen LogP contribution in [0.25, 0.3) is 0 Å². The number of amides is 2. The minimum absolute atomic E-state index is 0.0573. The monoisotopic (exact) mass is 431 g/mol. The first-order valence-corrected chi connectivity index (χ1v) is 10.4. The molecule has 1 aromatic heterocycles. The molecule has 0 spiro atoms. The van der Waals surface area contributed by atoms with Crippen LogP contribution in [0.15, 0.2) is 46.8 Å². The number of carbonyl (C=O) groups is 2. The van der Waals surface area contributed by atoms with Crippen molar-refractivity contribution in [1.82, 2.24) is 21.0 Å². The van der Waals surface area contributed by atoms with E-state index in [9.17, 15) is 14.0 Å². The van der Waals surface area contributed by atoms with Crippen molar-refractivity contribution >= 4 is 45.7 Å². The third-order valence-electron chi connectivity index (χ3n) is 4.00. The average Bonchev–Trinajstić information content (AvgIpc) is 3.16. The Labute approximate surface area is 175 Å². The molecule has 0 fully saturated rings. The van der Waals surface area contributed by atoms with Crippen LogP contribution in [0.4, 0.5) is 15.2 Å². The van der Waals surface area contributed by atoms with E-state index in [-0.39, 0.29) is 11.3 Å². The molecule has 3 aromatic rings. The van der Waals surface area contributed by atoms with E-state index in [2.05, 4.69) is 26.4 Å². The van der Waals surface area contributed by atoms with Gasteiger partial charge in [0, 0.05) is 11.3 Å². The van der Waals surface area contributed by atoms with Crippen LogP contribution in [0.2, 0.25) is 0 Å². The molecule has 0 radical (unpaired) electrons. The zero-order valence-electron chi connectivity index (χ0n) is 15.7. The van der Waals surface area contributed by atoms with Gasteiger partial charge in [0.1, 0.15) is 5.82 Å². The zero-order chi connectivity index (χ0) is 20.8. The van der Waals surface area contributed by atoms with Crippen LogP contribution in [-0.4, -0.2) is 27.8 Å². The number of halogens is 1. The topological polar surface area (TPSA) is 96.0 Å². The molecule has 150 valence electrons. The van der Waals surface area contributed by atoms with Crippen molar-refractivity contribution in [3.05, 3.63) is 65.0 Å². The first kappa shape index (κ1) is 20.7. The molecule has 3 rings (SSSR count). The van der Waals surface area contributed by atoms with Crippen LogP contribution in [0, 0.1) is 19.7 Å². The SMILES string of the molecule is Cc1cccc(Nc2nnc(SCC(=O)NNC(=O)c3ccc(F)cc3)s2)c1C. The normalized spacial score (nSPS) is 10.4. The molecule has 29 heavy (non-hydrogen) atoms. The minimum Gasteiger partial charge on any atom is -0.330 e. The smallest absolute Gasteiger partial charge is 0.269 e. The van der Waals surface area contributed by atoms with Crippen molar-refractivity contribution in [3.8, 4) is 0 Å². The second-order valence-corrected chi connectivity index (χ2v) is 8.24. The van der Waals surface area contributed by atoms with Gasteiger partial charge in [0.15, 0.2) is 4.34 Å². The molecule has 0 bridgehead atoms. The number of rotatable bonds is 6. The molecule has 1 heterocycles. The summed E-state index contributed by atoms with van der Waals surface area (Å²) in [4.78, 5) is 23.8. The lowest BCUT2D eigenvalue weighted by Gasteiger charge is -2.08. The lowest BCUT2D eigenvalue weighted by atomic mass is 10.1. The Morgan fingerprint density at radius 1 is 1.07 bits per heavy atom. The summed E-state index contributed by atoms with van der Waals surface area (Å²) in [5, 5.41) is 12.0. The number of carbonyl (C=O) groups excluding carboxylic acids is 2. The fourth-order valence-corrected chi connectivity index (χ4v) is 3.85. The fourth-order valence-electron chi connectivity index (χ4n) is 2.28. The van der Waals surface area contributed by atoms with Crippen molar-refractivity contribution in [2.75, 3.05) is 11.1 Å². The maximum atomic E-state index is 12.9. The number of hydrazine groups is 1. The van der Waals surface area contributed by atoms with E-state index in [4.69, 9.17) is 0 Å². The molecule has 2 aromatic carbocycles. The first-order valence-electron chi connectivity index (χ1n) is 8.56. The number of thioether (sulfide) groups is 1. The Hall–Kier alpha value is -2.98. The summed E-state index contributed by atoms with van der Waals surface area (Å²) >= 11 is 2.54. The maximum Gasteiger partial charge on any atom is 0.269 e. The second-order valence-electron chi connectivity index (χ2n) is 6.04. The minimum atomic E-state index is -0.528. The van der Waals surface area contributed by atoms with Gasteiger partial charge in [-0.2, -0.15) is 0 Å². The van der Waals surface area contributed by atoms with Crippen molar-refractivity contribution in [2.45, 2.75) is 18.2 Å². The number of nitrogens with one attached hydrogen (secondary N) is 3. The second kappa shape index (κ2) is 9.48. The summed E-state index contributed by atoms with van der Waals surface area (Å²) in [6, 6.07) is 11.0. The number of aromatic nitrogens is 2. The number of anilines is 2. The highest BCUT2D eigenvalue weighted by Gasteiger charge is 2.11. The van der Waals surface area contributed by atoms with Gasteiger partial charge in [0.25, 0.3) is 5.91 Å². The molecule has 0 aliphatic heterocycles. The maximum absolute atomic E-state index is 12.9. The molecular weight excluding hydrogens is 413 g/mol. The lowest BCUT2D eigenvalue weighted by Crippen LogP contribution is -2.42. The van der Waals surface area contributed by atoms with Gasteiger partial charge in [0.2, 0.25) is 11.0 Å². The molecule has 0 aliphatic rings. The Bertz CT molecular complexity index is 1020. The quantitative estimate of drug-likeness (QED) is 0.408. The summed E-state index contributed by atoms with van der Waals surface area (Å²) in [5.74, 6) is -1.31. The predicted molar refractivity (Wildman–Crippen MR) is 112 cm³/mol. The number of hydrogen-bond donors (Lipinski definition) is 3. The predicted octanol–water partition coefficient (Wildman–Crippen LogP) is 3.59. The highest BCUT2D eigenvalue weighted by atomic mass is 32.2. The van der Waals surface area contributed by atoms with E-state index in [0.29, 0.717) is 9.47 Å². The molecule has 7 nitrogen and oxygen atoms in total. The van der Waals surface area contributed by atoms with Gasteiger partial charge >= 0.3 is 0 Å². The number of hydrogen-bond acceptors (Lipinski definition) is 7. The summed E-state index contributed by atoms with van der Waals surface area (Å²) in [6.07, 6.45) is 0. The third-order valence-corrected chi connectivity index (χ3v) is 5.97. The van der Waals surface area contributed by atoms with Crippen molar-refractivity contribution in [3.63, 3.8) is 0 Å². The van der Waals surface area contributed by atoms with Crippen molar-refractivity contribution in [2.24, 2.45) is 0 Å². The Kier molecular flexibility index (Phi) is 6.78. The van der Waals surface area contributed by atoms with Crippen molar-refractivity contribution < 1.29 is 14.0 Å². The van der Waals surface area contributed by atoms with E-state index >= 15 is 0 Å². The highest BCUT2D eigenvalue weighted by Crippen LogP contribution is 2.29.